The Morgan fingerprint density at radius 1 is 1.37 bits per heavy atom. The van der Waals surface area contributed by atoms with E-state index in [1.165, 1.54) is 6.08 Å². The van der Waals surface area contributed by atoms with E-state index in [1.807, 2.05) is 6.92 Å². The molecule has 4 N–H and O–H groups in total. The predicted molar refractivity (Wildman–Crippen MR) is 73.3 cm³/mol. The summed E-state index contributed by atoms with van der Waals surface area (Å²) in [4.78, 5) is 22.3. The molecule has 0 saturated carbocycles. The Morgan fingerprint density at radius 2 is 2.00 bits per heavy atom. The van der Waals surface area contributed by atoms with Crippen LogP contribution >= 0.6 is 0 Å². The first-order chi connectivity index (χ1) is 9.02. The first-order valence-electron chi connectivity index (χ1n) is 5.99. The maximum atomic E-state index is 11.5. The molecule has 1 aromatic rings. The van der Waals surface area contributed by atoms with Crippen LogP contribution in [0.4, 0.5) is 0 Å². The van der Waals surface area contributed by atoms with Crippen LogP contribution in [0.2, 0.25) is 0 Å². The van der Waals surface area contributed by atoms with Crippen molar-refractivity contribution in [1.29, 1.82) is 0 Å². The SMILES string of the molecule is CC(CO)CNC(=O)C=Cc1ccc(C(N)=O)cc1. The van der Waals surface area contributed by atoms with Crippen molar-refractivity contribution in [2.75, 3.05) is 13.2 Å². The van der Waals surface area contributed by atoms with Crippen molar-refractivity contribution >= 4 is 17.9 Å². The number of aliphatic hydroxyl groups excluding tert-OH is 1. The van der Waals surface area contributed by atoms with E-state index in [9.17, 15) is 9.59 Å². The Labute approximate surface area is 112 Å². The van der Waals surface area contributed by atoms with Crippen LogP contribution in [-0.2, 0) is 4.79 Å². The van der Waals surface area contributed by atoms with Gasteiger partial charge in [-0.3, -0.25) is 9.59 Å². The van der Waals surface area contributed by atoms with E-state index in [2.05, 4.69) is 5.32 Å². The fourth-order valence-electron chi connectivity index (χ4n) is 1.33. The lowest BCUT2D eigenvalue weighted by Gasteiger charge is -2.07. The van der Waals surface area contributed by atoms with Gasteiger partial charge in [0.05, 0.1) is 0 Å². The van der Waals surface area contributed by atoms with Crippen molar-refractivity contribution in [2.45, 2.75) is 6.92 Å². The minimum Gasteiger partial charge on any atom is -0.396 e. The lowest BCUT2D eigenvalue weighted by Crippen LogP contribution is -2.27. The lowest BCUT2D eigenvalue weighted by atomic mass is 10.1. The molecule has 0 aliphatic rings. The van der Waals surface area contributed by atoms with Crippen LogP contribution in [0.1, 0.15) is 22.8 Å². The van der Waals surface area contributed by atoms with Gasteiger partial charge >= 0.3 is 0 Å². The topological polar surface area (TPSA) is 92.4 Å². The summed E-state index contributed by atoms with van der Waals surface area (Å²) in [5.74, 6) is -0.669. The summed E-state index contributed by atoms with van der Waals surface area (Å²) in [5, 5.41) is 11.5. The summed E-state index contributed by atoms with van der Waals surface area (Å²) >= 11 is 0. The van der Waals surface area contributed by atoms with Gasteiger partial charge in [-0.2, -0.15) is 0 Å². The van der Waals surface area contributed by atoms with Crippen molar-refractivity contribution in [3.05, 3.63) is 41.5 Å². The monoisotopic (exact) mass is 262 g/mol. The van der Waals surface area contributed by atoms with Crippen LogP contribution < -0.4 is 11.1 Å². The molecule has 5 nitrogen and oxygen atoms in total. The van der Waals surface area contributed by atoms with Crippen LogP contribution in [0.3, 0.4) is 0 Å². The van der Waals surface area contributed by atoms with Gasteiger partial charge in [-0.25, -0.2) is 0 Å². The van der Waals surface area contributed by atoms with Gasteiger partial charge in [-0.05, 0) is 29.7 Å². The van der Waals surface area contributed by atoms with Crippen LogP contribution in [0.25, 0.3) is 6.08 Å². The Kier molecular flexibility index (Phi) is 5.75. The molecule has 1 aromatic carbocycles. The van der Waals surface area contributed by atoms with Crippen LogP contribution in [0, 0.1) is 5.92 Å². The van der Waals surface area contributed by atoms with Gasteiger partial charge in [0.15, 0.2) is 0 Å². The number of amides is 2. The molecule has 1 atom stereocenters. The molecule has 0 heterocycles. The molecule has 1 unspecified atom stereocenters. The number of benzene rings is 1. The minimum atomic E-state index is -0.480. The van der Waals surface area contributed by atoms with Gasteiger partial charge in [-0.1, -0.05) is 19.1 Å². The molecule has 5 heteroatoms. The Balaban J connectivity index is 2.51. The van der Waals surface area contributed by atoms with Gasteiger partial charge in [0.2, 0.25) is 11.8 Å². The number of carbonyl (C=O) groups excluding carboxylic acids is 2. The van der Waals surface area contributed by atoms with Crippen molar-refractivity contribution in [3.8, 4) is 0 Å². The maximum absolute atomic E-state index is 11.5. The highest BCUT2D eigenvalue weighted by atomic mass is 16.3. The third-order valence-corrected chi connectivity index (χ3v) is 2.56. The van der Waals surface area contributed by atoms with Crippen molar-refractivity contribution in [3.63, 3.8) is 0 Å². The molecule has 0 aliphatic heterocycles. The third-order valence-electron chi connectivity index (χ3n) is 2.56. The quantitative estimate of drug-likeness (QED) is 0.653. The van der Waals surface area contributed by atoms with Crippen molar-refractivity contribution < 1.29 is 14.7 Å². The van der Waals surface area contributed by atoms with Crippen molar-refractivity contribution in [1.82, 2.24) is 5.32 Å². The second-order valence-corrected chi connectivity index (χ2v) is 4.35. The van der Waals surface area contributed by atoms with Gasteiger partial charge in [0.1, 0.15) is 0 Å². The van der Waals surface area contributed by atoms with Crippen LogP contribution in [0.15, 0.2) is 30.3 Å². The standard InChI is InChI=1S/C14H18N2O3/c1-10(9-17)8-16-13(18)7-4-11-2-5-12(6-3-11)14(15)19/h2-7,10,17H,8-9H2,1H3,(H2,15,19)(H,16,18). The first kappa shape index (κ1) is 14.9. The van der Waals surface area contributed by atoms with Crippen LogP contribution in [-0.4, -0.2) is 30.1 Å². The normalized spacial score (nSPS) is 12.3. The molecular weight excluding hydrogens is 244 g/mol. The zero-order chi connectivity index (χ0) is 14.3. The summed E-state index contributed by atoms with van der Waals surface area (Å²) in [7, 11) is 0. The first-order valence-corrected chi connectivity index (χ1v) is 5.99. The average molecular weight is 262 g/mol. The molecule has 0 fully saturated rings. The molecule has 0 bridgehead atoms. The van der Waals surface area contributed by atoms with E-state index in [-0.39, 0.29) is 18.4 Å². The smallest absolute Gasteiger partial charge is 0.248 e. The van der Waals surface area contributed by atoms with Crippen molar-refractivity contribution in [2.24, 2.45) is 11.7 Å². The fourth-order valence-corrected chi connectivity index (χ4v) is 1.33. The van der Waals surface area contributed by atoms with E-state index in [1.54, 1.807) is 30.3 Å². The molecule has 0 spiro atoms. The highest BCUT2D eigenvalue weighted by Gasteiger charge is 2.01. The highest BCUT2D eigenvalue weighted by molar-refractivity contribution is 5.94. The Hall–Kier alpha value is -2.14. The number of hydrogen-bond acceptors (Lipinski definition) is 3. The molecule has 0 radical (unpaired) electrons. The second-order valence-electron chi connectivity index (χ2n) is 4.35. The Morgan fingerprint density at radius 3 is 2.53 bits per heavy atom. The summed E-state index contributed by atoms with van der Waals surface area (Å²) < 4.78 is 0. The zero-order valence-electron chi connectivity index (χ0n) is 10.8. The molecule has 102 valence electrons. The third kappa shape index (κ3) is 5.35. The van der Waals surface area contributed by atoms with E-state index in [0.717, 1.165) is 5.56 Å². The summed E-state index contributed by atoms with van der Waals surface area (Å²) in [5.41, 5.74) is 6.36. The molecule has 19 heavy (non-hydrogen) atoms. The van der Waals surface area contributed by atoms with Gasteiger partial charge < -0.3 is 16.2 Å². The largest absolute Gasteiger partial charge is 0.396 e. The highest BCUT2D eigenvalue weighted by Crippen LogP contribution is 2.05. The molecule has 1 rings (SSSR count). The minimum absolute atomic E-state index is 0.0344. The molecule has 0 saturated heterocycles. The van der Waals surface area contributed by atoms with Gasteiger partial charge in [0, 0.05) is 24.8 Å². The zero-order valence-corrected chi connectivity index (χ0v) is 10.8. The summed E-state index contributed by atoms with van der Waals surface area (Å²) in [6, 6.07) is 6.63. The molecule has 2 amide bonds. The van der Waals surface area contributed by atoms with Gasteiger partial charge in [-0.15, -0.1) is 0 Å². The number of carbonyl (C=O) groups is 2. The predicted octanol–water partition coefficient (Wildman–Crippen LogP) is 0.543. The van der Waals surface area contributed by atoms with E-state index < -0.39 is 5.91 Å². The van der Waals surface area contributed by atoms with Gasteiger partial charge in [0.25, 0.3) is 0 Å². The number of nitrogens with two attached hydrogens (primary N) is 1. The fraction of sp³-hybridized carbons (Fsp3) is 0.286. The summed E-state index contributed by atoms with van der Waals surface area (Å²) in [6.45, 7) is 2.31. The number of aliphatic hydroxyl groups is 1. The number of rotatable bonds is 6. The number of primary amides is 1. The number of hydrogen-bond donors (Lipinski definition) is 3. The van der Waals surface area contributed by atoms with E-state index in [0.29, 0.717) is 12.1 Å². The lowest BCUT2D eigenvalue weighted by molar-refractivity contribution is -0.116. The Bertz CT molecular complexity index is 466. The second kappa shape index (κ2) is 7.33. The van der Waals surface area contributed by atoms with E-state index in [4.69, 9.17) is 10.8 Å². The molecule has 0 aliphatic carbocycles. The molecular formula is C14H18N2O3. The van der Waals surface area contributed by atoms with E-state index >= 15 is 0 Å². The molecule has 0 aromatic heterocycles. The summed E-state index contributed by atoms with van der Waals surface area (Å²) in [6.07, 6.45) is 3.05. The maximum Gasteiger partial charge on any atom is 0.248 e. The average Bonchev–Trinajstić information content (AvgIpc) is 2.42. The van der Waals surface area contributed by atoms with Crippen LogP contribution in [0.5, 0.6) is 0 Å². The number of nitrogens with one attached hydrogen (secondary N) is 1.